The smallest absolute Gasteiger partial charge is 0.372 e. The lowest BCUT2D eigenvalue weighted by atomic mass is 10.0. The molecule has 0 unspecified atom stereocenters. The average Bonchev–Trinajstić information content (AvgIpc) is 3.39. The molecule has 152 valence electrons. The monoisotopic (exact) mass is 422 g/mol. The Morgan fingerprint density at radius 1 is 1.10 bits per heavy atom. The Kier molecular flexibility index (Phi) is 5.50. The first kappa shape index (κ1) is 19.8. The highest BCUT2D eigenvalue weighted by Crippen LogP contribution is 2.31. The highest BCUT2D eigenvalue weighted by molar-refractivity contribution is 7.08. The molecule has 2 fully saturated rings. The molecule has 2 N–H and O–H groups in total. The highest BCUT2D eigenvalue weighted by Gasteiger charge is 2.47. The third kappa shape index (κ3) is 4.56. The van der Waals surface area contributed by atoms with Gasteiger partial charge in [0.2, 0.25) is 0 Å². The van der Waals surface area contributed by atoms with Gasteiger partial charge in [0.25, 0.3) is 0 Å². The largest absolute Gasteiger partial charge is 0.416 e. The van der Waals surface area contributed by atoms with E-state index in [2.05, 4.69) is 22.5 Å². The van der Waals surface area contributed by atoms with E-state index in [0.717, 1.165) is 17.7 Å². The second-order valence-corrected chi connectivity index (χ2v) is 7.54. The lowest BCUT2D eigenvalue weighted by Gasteiger charge is -2.18. The van der Waals surface area contributed by atoms with Crippen LogP contribution in [0, 0.1) is 17.8 Å². The fourth-order valence-corrected chi connectivity index (χ4v) is 3.92. The van der Waals surface area contributed by atoms with Crippen LogP contribution in [-0.4, -0.2) is 37.5 Å². The summed E-state index contributed by atoms with van der Waals surface area (Å²) in [5.74, 6) is 6.20. The van der Waals surface area contributed by atoms with Crippen molar-refractivity contribution >= 4 is 23.1 Å². The van der Waals surface area contributed by atoms with Gasteiger partial charge in [-0.25, -0.2) is 4.79 Å². The molecule has 0 saturated carbocycles. The third-order valence-corrected chi connectivity index (χ3v) is 5.45. The Bertz CT molecular complexity index is 919. The van der Waals surface area contributed by atoms with E-state index < -0.39 is 17.8 Å². The van der Waals surface area contributed by atoms with Crippen LogP contribution >= 0.6 is 11.3 Å². The first-order valence-electron chi connectivity index (χ1n) is 8.92. The number of carbonyl (C=O) groups is 1. The van der Waals surface area contributed by atoms with E-state index >= 15 is 0 Å². The van der Waals surface area contributed by atoms with Gasteiger partial charge in [0, 0.05) is 16.6 Å². The fraction of sp³-hybridized carbons (Fsp3) is 0.350. The number of fused-ring (bicyclic) bond motifs is 1. The first-order chi connectivity index (χ1) is 13.9. The number of hydrogen-bond donors (Lipinski definition) is 2. The molecule has 2 amide bonds. The summed E-state index contributed by atoms with van der Waals surface area (Å²) in [5.41, 5.74) is 0.435. The Hall–Kier alpha value is -2.54. The van der Waals surface area contributed by atoms with Gasteiger partial charge in [-0.2, -0.15) is 24.5 Å². The second kappa shape index (κ2) is 8.06. The summed E-state index contributed by atoms with van der Waals surface area (Å²) in [4.78, 5) is 12.2. The zero-order chi connectivity index (χ0) is 20.4. The first-order valence-corrected chi connectivity index (χ1v) is 9.86. The predicted octanol–water partition coefficient (Wildman–Crippen LogP) is 3.72. The molecular formula is C20H17F3N2O3S. The summed E-state index contributed by atoms with van der Waals surface area (Å²) >= 11 is 1.58. The molecule has 5 nitrogen and oxygen atoms in total. The van der Waals surface area contributed by atoms with Crippen molar-refractivity contribution in [2.75, 3.05) is 18.5 Å². The molecule has 1 aromatic heterocycles. The summed E-state index contributed by atoms with van der Waals surface area (Å²) < 4.78 is 49.4. The number of ether oxygens (including phenoxy) is 2. The average molecular weight is 422 g/mol. The van der Waals surface area contributed by atoms with Crippen molar-refractivity contribution in [1.82, 2.24) is 5.32 Å². The van der Waals surface area contributed by atoms with Crippen LogP contribution in [0.3, 0.4) is 0 Å². The summed E-state index contributed by atoms with van der Waals surface area (Å²) in [6.07, 6.45) is -4.95. The van der Waals surface area contributed by atoms with Crippen LogP contribution in [0.1, 0.15) is 11.1 Å². The third-order valence-electron chi connectivity index (χ3n) is 4.76. The van der Waals surface area contributed by atoms with Gasteiger partial charge in [0.15, 0.2) is 0 Å². The molecule has 3 heterocycles. The Labute approximate surface area is 169 Å². The van der Waals surface area contributed by atoms with Crippen molar-refractivity contribution < 1.29 is 27.4 Å². The lowest BCUT2D eigenvalue weighted by Crippen LogP contribution is -2.45. The molecule has 4 atom stereocenters. The number of carbonyl (C=O) groups excluding carboxylic acids is 1. The Morgan fingerprint density at radius 3 is 2.55 bits per heavy atom. The van der Waals surface area contributed by atoms with Crippen LogP contribution < -0.4 is 10.6 Å². The van der Waals surface area contributed by atoms with Gasteiger partial charge in [-0.1, -0.05) is 11.8 Å². The summed E-state index contributed by atoms with van der Waals surface area (Å²) in [7, 11) is 0. The quantitative estimate of drug-likeness (QED) is 0.726. The van der Waals surface area contributed by atoms with E-state index in [0.29, 0.717) is 6.61 Å². The zero-order valence-corrected chi connectivity index (χ0v) is 15.8. The second-order valence-electron chi connectivity index (χ2n) is 6.76. The Balaban J connectivity index is 1.32. The van der Waals surface area contributed by atoms with Crippen LogP contribution in [-0.2, 0) is 15.7 Å². The normalized spacial score (nSPS) is 25.8. The van der Waals surface area contributed by atoms with Gasteiger partial charge >= 0.3 is 12.2 Å². The van der Waals surface area contributed by atoms with Crippen LogP contribution in [0.25, 0.3) is 0 Å². The number of hydrogen-bond acceptors (Lipinski definition) is 4. The molecule has 0 aliphatic carbocycles. The number of thiophene rings is 1. The van der Waals surface area contributed by atoms with Crippen molar-refractivity contribution in [3.63, 3.8) is 0 Å². The van der Waals surface area contributed by atoms with Crippen molar-refractivity contribution in [3.05, 3.63) is 52.2 Å². The van der Waals surface area contributed by atoms with Gasteiger partial charge in [-0.15, -0.1) is 0 Å². The zero-order valence-electron chi connectivity index (χ0n) is 15.0. The molecule has 2 aromatic rings. The fourth-order valence-electron chi connectivity index (χ4n) is 3.34. The van der Waals surface area contributed by atoms with E-state index in [4.69, 9.17) is 9.47 Å². The van der Waals surface area contributed by atoms with Gasteiger partial charge < -0.3 is 20.1 Å². The SMILES string of the molecule is O=C(Nc1ccc(C(F)(F)F)cc1)N[C@H]1CO[C@H]2[C@@H]1OC[C@@H]2C#Cc1ccsc1. The maximum Gasteiger partial charge on any atom is 0.416 e. The number of rotatable bonds is 2. The minimum Gasteiger partial charge on any atom is -0.372 e. The van der Waals surface area contributed by atoms with Crippen LogP contribution in [0.2, 0.25) is 0 Å². The molecular weight excluding hydrogens is 405 g/mol. The van der Waals surface area contributed by atoms with E-state index in [1.165, 1.54) is 12.1 Å². The number of anilines is 1. The molecule has 0 spiro atoms. The van der Waals surface area contributed by atoms with E-state index in [-0.39, 0.29) is 36.5 Å². The standard InChI is InChI=1S/C20H17F3N2O3S/c21-20(22,23)14-3-5-15(6-4-14)24-19(26)25-16-10-28-17-13(9-27-18(16)17)2-1-12-7-8-29-11-12/h3-8,11,13,16-18H,9-10H2,(H2,24,25,26)/t13-,16-,17+,18+/m0/s1. The highest BCUT2D eigenvalue weighted by atomic mass is 32.1. The van der Waals surface area contributed by atoms with Crippen LogP contribution in [0.15, 0.2) is 41.1 Å². The van der Waals surface area contributed by atoms with Gasteiger partial charge in [-0.3, -0.25) is 0 Å². The van der Waals surface area contributed by atoms with Crippen molar-refractivity contribution in [1.29, 1.82) is 0 Å². The number of urea groups is 1. The molecule has 0 bridgehead atoms. The molecule has 1 aromatic carbocycles. The number of nitrogens with one attached hydrogen (secondary N) is 2. The van der Waals surface area contributed by atoms with E-state index in [1.807, 2.05) is 16.8 Å². The number of alkyl halides is 3. The van der Waals surface area contributed by atoms with Crippen LogP contribution in [0.4, 0.5) is 23.7 Å². The number of amides is 2. The minimum absolute atomic E-state index is 0.0790. The van der Waals surface area contributed by atoms with Crippen molar-refractivity contribution in [2.45, 2.75) is 24.4 Å². The molecule has 2 aliphatic rings. The molecule has 2 aliphatic heterocycles. The minimum atomic E-state index is -4.42. The van der Waals surface area contributed by atoms with E-state index in [1.54, 1.807) is 11.3 Å². The lowest BCUT2D eigenvalue weighted by molar-refractivity contribution is -0.137. The summed E-state index contributed by atoms with van der Waals surface area (Å²) in [6, 6.07) is 5.30. The molecule has 0 radical (unpaired) electrons. The Morgan fingerprint density at radius 2 is 1.86 bits per heavy atom. The summed E-state index contributed by atoms with van der Waals surface area (Å²) in [5, 5.41) is 9.21. The topological polar surface area (TPSA) is 59.6 Å². The van der Waals surface area contributed by atoms with Gasteiger partial charge in [0.1, 0.15) is 12.2 Å². The van der Waals surface area contributed by atoms with E-state index in [9.17, 15) is 18.0 Å². The van der Waals surface area contributed by atoms with Crippen molar-refractivity contribution in [3.8, 4) is 11.8 Å². The number of benzene rings is 1. The molecule has 2 saturated heterocycles. The molecule has 9 heteroatoms. The molecule has 4 rings (SSSR count). The maximum atomic E-state index is 12.6. The summed E-state index contributed by atoms with van der Waals surface area (Å²) in [6.45, 7) is 0.706. The van der Waals surface area contributed by atoms with Crippen molar-refractivity contribution in [2.24, 2.45) is 5.92 Å². The van der Waals surface area contributed by atoms with Gasteiger partial charge in [0.05, 0.1) is 30.7 Å². The predicted molar refractivity (Wildman–Crippen MR) is 102 cm³/mol. The number of halogens is 3. The van der Waals surface area contributed by atoms with Gasteiger partial charge in [-0.05, 0) is 35.7 Å². The molecule has 29 heavy (non-hydrogen) atoms. The maximum absolute atomic E-state index is 12.6. The van der Waals surface area contributed by atoms with Crippen LogP contribution in [0.5, 0.6) is 0 Å².